The predicted molar refractivity (Wildman–Crippen MR) is 412 cm³/mol. The van der Waals surface area contributed by atoms with Crippen LogP contribution in [-0.2, 0) is 21.7 Å². The van der Waals surface area contributed by atoms with E-state index in [4.69, 9.17) is 0 Å². The molecular weight excluding hydrogens is 1170 g/mol. The normalized spacial score (nSPS) is 16.9. The maximum atomic E-state index is 4.64. The Balaban J connectivity index is 0.564. The minimum atomic E-state index is -0.173. The van der Waals surface area contributed by atoms with E-state index in [9.17, 15) is 0 Å². The molecule has 18 rings (SSSR count). The van der Waals surface area contributed by atoms with Crippen LogP contribution in [-0.4, -0.2) is 11.1 Å². The van der Waals surface area contributed by atoms with Gasteiger partial charge in [0.1, 0.15) is 0 Å². The number of hydrogen-bond donors (Lipinski definition) is 0. The Hall–Kier alpha value is -11.1. The summed E-state index contributed by atoms with van der Waals surface area (Å²) in [5.41, 5.74) is 39.1. The second kappa shape index (κ2) is 21.5. The van der Waals surface area contributed by atoms with Crippen LogP contribution in [0.3, 0.4) is 0 Å². The molecule has 5 aliphatic rings. The number of rotatable bonds is 8. The van der Waals surface area contributed by atoms with Crippen LogP contribution in [0.1, 0.15) is 122 Å². The highest BCUT2D eigenvalue weighted by Crippen LogP contribution is 2.58. The van der Waals surface area contributed by atoms with Gasteiger partial charge in [-0.05, 0) is 218 Å². The molecule has 0 bridgehead atoms. The molecule has 0 saturated carbocycles. The molecule has 1 aromatic heterocycles. The van der Waals surface area contributed by atoms with Gasteiger partial charge < -0.3 is 9.47 Å². The van der Waals surface area contributed by atoms with Gasteiger partial charge in [0.25, 0.3) is 0 Å². The smallest absolute Gasteiger partial charge is 0.0541 e. The molecule has 0 N–H and O–H groups in total. The zero-order valence-corrected chi connectivity index (χ0v) is 56.5. The third-order valence-corrected chi connectivity index (χ3v) is 22.8. The molecule has 0 spiro atoms. The zero-order valence-electron chi connectivity index (χ0n) is 56.5. The molecular formula is C95H76N2. The lowest BCUT2D eigenvalue weighted by Gasteiger charge is -2.28. The van der Waals surface area contributed by atoms with Crippen LogP contribution in [0.5, 0.6) is 0 Å². The number of aromatic nitrogens is 1. The van der Waals surface area contributed by atoms with Crippen LogP contribution < -0.4 is 4.90 Å². The van der Waals surface area contributed by atoms with E-state index >= 15 is 0 Å². The fourth-order valence-electron chi connectivity index (χ4n) is 17.4. The molecule has 1 aliphatic heterocycles. The van der Waals surface area contributed by atoms with E-state index in [0.29, 0.717) is 0 Å². The number of hydrogen-bond acceptors (Lipinski definition) is 1. The minimum absolute atomic E-state index is 0.0661. The van der Waals surface area contributed by atoms with Crippen molar-refractivity contribution in [2.45, 2.75) is 77.0 Å². The number of nitrogens with zero attached hydrogens (tertiary/aromatic N) is 2. The largest absolute Gasteiger partial charge is 0.337 e. The van der Waals surface area contributed by atoms with Gasteiger partial charge in [-0.25, -0.2) is 0 Å². The zero-order chi connectivity index (χ0) is 65.9. The molecule has 0 fully saturated rings. The van der Waals surface area contributed by atoms with E-state index in [0.717, 1.165) is 34.5 Å². The van der Waals surface area contributed by atoms with Crippen molar-refractivity contribution >= 4 is 57.0 Å². The first-order valence-electron chi connectivity index (χ1n) is 34.5. The highest BCUT2D eigenvalue weighted by molar-refractivity contribution is 6.10. The van der Waals surface area contributed by atoms with Gasteiger partial charge in [0, 0.05) is 61.6 Å². The molecule has 2 heteroatoms. The van der Waals surface area contributed by atoms with Crippen LogP contribution in [0, 0.1) is 0 Å². The average Bonchev–Trinajstić information content (AvgIpc) is 1.55. The van der Waals surface area contributed by atoms with Crippen molar-refractivity contribution in [2.24, 2.45) is 0 Å². The fourth-order valence-corrected chi connectivity index (χ4v) is 17.4. The first-order valence-corrected chi connectivity index (χ1v) is 34.5. The summed E-state index contributed by atoms with van der Waals surface area (Å²) >= 11 is 0. The van der Waals surface area contributed by atoms with Crippen LogP contribution >= 0.6 is 0 Å². The van der Waals surface area contributed by atoms with Gasteiger partial charge in [-0.2, -0.15) is 0 Å². The third kappa shape index (κ3) is 9.06. The van der Waals surface area contributed by atoms with Crippen molar-refractivity contribution < 1.29 is 0 Å². The first kappa shape index (κ1) is 58.5. The van der Waals surface area contributed by atoms with Crippen molar-refractivity contribution in [3.63, 3.8) is 0 Å². The lowest BCUT2D eigenvalue weighted by atomic mass is 9.79. The van der Waals surface area contributed by atoms with E-state index in [1.165, 1.54) is 156 Å². The van der Waals surface area contributed by atoms with Crippen molar-refractivity contribution in [1.29, 1.82) is 0 Å². The van der Waals surface area contributed by atoms with Crippen LogP contribution in [0.15, 0.2) is 285 Å². The number of benzene rings is 12. The molecule has 0 unspecified atom stereocenters. The Morgan fingerprint density at radius 3 is 1.35 bits per heavy atom. The Kier molecular flexibility index (Phi) is 13.0. The molecule has 2 heterocycles. The van der Waals surface area contributed by atoms with E-state index in [1.807, 2.05) is 0 Å². The summed E-state index contributed by atoms with van der Waals surface area (Å²) in [6, 6.07) is 93.9. The highest BCUT2D eigenvalue weighted by Gasteiger charge is 2.43. The number of fused-ring (bicyclic) bond motifs is 16. The summed E-state index contributed by atoms with van der Waals surface area (Å²) in [7, 11) is 0. The van der Waals surface area contributed by atoms with Crippen molar-refractivity contribution in [3.8, 4) is 72.4 Å². The minimum Gasteiger partial charge on any atom is -0.337 e. The van der Waals surface area contributed by atoms with Crippen LogP contribution in [0.4, 0.5) is 11.4 Å². The van der Waals surface area contributed by atoms with Crippen molar-refractivity contribution in [3.05, 3.63) is 352 Å². The summed E-state index contributed by atoms with van der Waals surface area (Å²) in [4.78, 5) is 2.44. The predicted octanol–water partition coefficient (Wildman–Crippen LogP) is 24.9. The van der Waals surface area contributed by atoms with Crippen molar-refractivity contribution in [2.75, 3.05) is 11.4 Å². The second-order valence-corrected chi connectivity index (χ2v) is 29.8. The van der Waals surface area contributed by atoms with Gasteiger partial charge in [-0.15, -0.1) is 0 Å². The molecule has 0 saturated heterocycles. The molecule has 466 valence electrons. The SMILES string of the molecule is C=C1/C=C(/C=C/c2ccc(-c3ccc4c(c3)C(C)(C)c3cc5c(cc3-4)C(C)(C)c3cc(-c4ccc(/C=C/c6ccc7c(c6)c6ccccc6n7-c6ccc7c(c6)C(C)(C)c6ccccc6-7)cc4)ccc3-5)cc2)\C=C/CN(c2ccc3c(c2)C(C)(C)c2ccccc2-3)c2ccccc21. The fraction of sp³-hybridized carbons (Fsp3) is 0.137. The molecule has 2 nitrogen and oxygen atoms in total. The lowest BCUT2D eigenvalue weighted by molar-refractivity contribution is 0.652. The Morgan fingerprint density at radius 1 is 0.320 bits per heavy atom. The quantitative estimate of drug-likeness (QED) is 0.138. The van der Waals surface area contributed by atoms with Crippen molar-refractivity contribution in [1.82, 2.24) is 4.57 Å². The van der Waals surface area contributed by atoms with Crippen LogP contribution in [0.25, 0.3) is 118 Å². The first-order chi connectivity index (χ1) is 47.0. The van der Waals surface area contributed by atoms with Gasteiger partial charge in [0.05, 0.1) is 11.0 Å². The topological polar surface area (TPSA) is 8.17 Å². The Morgan fingerprint density at radius 2 is 0.742 bits per heavy atom. The lowest BCUT2D eigenvalue weighted by Crippen LogP contribution is -2.20. The molecule has 12 aromatic carbocycles. The monoisotopic (exact) mass is 1240 g/mol. The van der Waals surface area contributed by atoms with Gasteiger partial charge in [-0.3, -0.25) is 0 Å². The number of allylic oxidation sites excluding steroid dienone is 5. The summed E-state index contributed by atoms with van der Waals surface area (Å²) in [6.07, 6.45) is 15.7. The maximum absolute atomic E-state index is 4.64. The standard InChI is InChI=1S/C95H76N2/c1-59-51-62(19-18-50-96(89-26-16-12-20-70(59)89)68-43-47-73-71-21-10-14-24-81(71)92(2,3)85(73)55-68)30-28-60-32-37-64(38-33-60)66-41-45-75-78-57-88-79(58-87(78)94(6,7)83(75)53-66)76-46-42-67(54-84(76)95(88,8)9)65-39-34-61(35-40-65)29-31-63-36-49-91-80(52-63)77-23-13-17-27-90(77)97(91)69-44-48-74-72-22-11-15-25-82(72)93(4,5)86(74)56-69/h10-49,51-58H,1,50H2,2-9H3/b19-18-,30-28+,31-29+,62-51+. The van der Waals surface area contributed by atoms with Gasteiger partial charge in [-0.1, -0.05) is 274 Å². The highest BCUT2D eigenvalue weighted by atomic mass is 15.1. The molecule has 0 amide bonds. The van der Waals surface area contributed by atoms with E-state index in [1.54, 1.807) is 0 Å². The van der Waals surface area contributed by atoms with E-state index in [-0.39, 0.29) is 21.7 Å². The van der Waals surface area contributed by atoms with E-state index < -0.39 is 0 Å². The average molecular weight is 1250 g/mol. The number of para-hydroxylation sites is 2. The molecule has 13 aromatic rings. The van der Waals surface area contributed by atoms with Gasteiger partial charge in [0.2, 0.25) is 0 Å². The summed E-state index contributed by atoms with van der Waals surface area (Å²) < 4.78 is 2.45. The summed E-state index contributed by atoms with van der Waals surface area (Å²) in [5.74, 6) is 0. The molecule has 0 radical (unpaired) electrons. The van der Waals surface area contributed by atoms with Gasteiger partial charge in [0.15, 0.2) is 0 Å². The molecule has 97 heavy (non-hydrogen) atoms. The molecule has 4 aliphatic carbocycles. The molecule has 0 atom stereocenters. The third-order valence-electron chi connectivity index (χ3n) is 22.8. The Labute approximate surface area is 570 Å². The number of anilines is 2. The summed E-state index contributed by atoms with van der Waals surface area (Å²) in [6.45, 7) is 24.5. The van der Waals surface area contributed by atoms with E-state index in [2.05, 4.69) is 363 Å². The maximum Gasteiger partial charge on any atom is 0.0541 e. The second-order valence-electron chi connectivity index (χ2n) is 29.8. The van der Waals surface area contributed by atoms with Crippen LogP contribution in [0.2, 0.25) is 0 Å². The Bertz CT molecular complexity index is 5660. The summed E-state index contributed by atoms with van der Waals surface area (Å²) in [5, 5.41) is 2.52. The van der Waals surface area contributed by atoms with Gasteiger partial charge >= 0.3 is 0 Å².